The fourth-order valence-electron chi connectivity index (χ4n) is 1.76. The lowest BCUT2D eigenvalue weighted by Gasteiger charge is -2.05. The SMILES string of the molecule is Nc1nnc(-c2cncnc2)c2ccccc12. The number of hydrogen-bond donors (Lipinski definition) is 1. The number of nitrogens with two attached hydrogens (primary N) is 1. The van der Waals surface area contributed by atoms with Crippen molar-refractivity contribution in [2.75, 3.05) is 5.73 Å². The minimum atomic E-state index is 0.432. The normalized spacial score (nSPS) is 10.6. The van der Waals surface area contributed by atoms with Crippen molar-refractivity contribution in [2.45, 2.75) is 0 Å². The minimum Gasteiger partial charge on any atom is -0.382 e. The summed E-state index contributed by atoms with van der Waals surface area (Å²) in [4.78, 5) is 7.96. The summed E-state index contributed by atoms with van der Waals surface area (Å²) in [5.41, 5.74) is 7.37. The quantitative estimate of drug-likeness (QED) is 0.679. The van der Waals surface area contributed by atoms with Gasteiger partial charge in [-0.05, 0) is 0 Å². The van der Waals surface area contributed by atoms with E-state index in [1.54, 1.807) is 12.4 Å². The van der Waals surface area contributed by atoms with E-state index in [4.69, 9.17) is 5.73 Å². The molecule has 3 rings (SSSR count). The molecule has 0 amide bonds. The summed E-state index contributed by atoms with van der Waals surface area (Å²) in [6.45, 7) is 0. The van der Waals surface area contributed by atoms with E-state index in [-0.39, 0.29) is 0 Å². The van der Waals surface area contributed by atoms with Gasteiger partial charge in [-0.25, -0.2) is 9.97 Å². The van der Waals surface area contributed by atoms with Crippen LogP contribution in [-0.2, 0) is 0 Å². The Balaban J connectivity index is 2.35. The molecule has 0 aliphatic carbocycles. The number of rotatable bonds is 1. The van der Waals surface area contributed by atoms with Crippen LogP contribution in [0.1, 0.15) is 0 Å². The summed E-state index contributed by atoms with van der Waals surface area (Å²) >= 11 is 0. The highest BCUT2D eigenvalue weighted by molar-refractivity contribution is 5.99. The molecule has 0 aliphatic rings. The standard InChI is InChI=1S/C12H9N5/c13-12-10-4-2-1-3-9(10)11(16-17-12)8-5-14-7-15-6-8/h1-7H,(H2,13,17). The summed E-state index contributed by atoms with van der Waals surface area (Å²) < 4.78 is 0. The number of benzene rings is 1. The molecule has 2 N–H and O–H groups in total. The zero-order chi connectivity index (χ0) is 11.7. The maximum atomic E-state index is 5.80. The lowest BCUT2D eigenvalue weighted by Crippen LogP contribution is -1.97. The molecule has 5 heteroatoms. The van der Waals surface area contributed by atoms with Gasteiger partial charge < -0.3 is 5.73 Å². The minimum absolute atomic E-state index is 0.432. The van der Waals surface area contributed by atoms with Crippen LogP contribution in [0.2, 0.25) is 0 Å². The maximum absolute atomic E-state index is 5.80. The fourth-order valence-corrected chi connectivity index (χ4v) is 1.76. The van der Waals surface area contributed by atoms with Gasteiger partial charge in [0.05, 0.1) is 0 Å². The monoisotopic (exact) mass is 223 g/mol. The van der Waals surface area contributed by atoms with Crippen molar-refractivity contribution in [3.8, 4) is 11.3 Å². The highest BCUT2D eigenvalue weighted by atomic mass is 15.1. The first-order chi connectivity index (χ1) is 8.36. The van der Waals surface area contributed by atoms with Crippen molar-refractivity contribution in [3.05, 3.63) is 43.0 Å². The Hall–Kier alpha value is -2.56. The first kappa shape index (κ1) is 9.65. The third kappa shape index (κ3) is 1.57. The van der Waals surface area contributed by atoms with Gasteiger partial charge in [-0.1, -0.05) is 24.3 Å². The average molecular weight is 223 g/mol. The van der Waals surface area contributed by atoms with Crippen LogP contribution in [-0.4, -0.2) is 20.2 Å². The van der Waals surface area contributed by atoms with Gasteiger partial charge in [-0.3, -0.25) is 0 Å². The molecule has 1 aromatic carbocycles. The second-order valence-corrected chi connectivity index (χ2v) is 3.61. The zero-order valence-electron chi connectivity index (χ0n) is 8.91. The predicted octanol–water partition coefficient (Wildman–Crippen LogP) is 1.67. The van der Waals surface area contributed by atoms with Gasteiger partial charge in [-0.2, -0.15) is 0 Å². The highest BCUT2D eigenvalue weighted by Crippen LogP contribution is 2.27. The number of aromatic nitrogens is 4. The van der Waals surface area contributed by atoms with Crippen LogP contribution in [0.4, 0.5) is 5.82 Å². The third-order valence-corrected chi connectivity index (χ3v) is 2.55. The Morgan fingerprint density at radius 2 is 1.59 bits per heavy atom. The molecule has 0 radical (unpaired) electrons. The van der Waals surface area contributed by atoms with Crippen LogP contribution < -0.4 is 5.73 Å². The Labute approximate surface area is 97.4 Å². The van der Waals surface area contributed by atoms with Gasteiger partial charge >= 0.3 is 0 Å². The fraction of sp³-hybridized carbons (Fsp3) is 0. The molecular weight excluding hydrogens is 214 g/mol. The van der Waals surface area contributed by atoms with E-state index in [2.05, 4.69) is 20.2 Å². The molecule has 2 aromatic heterocycles. The van der Waals surface area contributed by atoms with Gasteiger partial charge in [0.2, 0.25) is 0 Å². The van der Waals surface area contributed by atoms with E-state index in [1.807, 2.05) is 24.3 Å². The first-order valence-electron chi connectivity index (χ1n) is 5.12. The number of anilines is 1. The molecule has 0 aliphatic heterocycles. The molecule has 2 heterocycles. The zero-order valence-corrected chi connectivity index (χ0v) is 8.91. The van der Waals surface area contributed by atoms with Crippen LogP contribution in [0.3, 0.4) is 0 Å². The number of fused-ring (bicyclic) bond motifs is 1. The average Bonchev–Trinajstić information content (AvgIpc) is 2.41. The van der Waals surface area contributed by atoms with E-state index >= 15 is 0 Å². The van der Waals surface area contributed by atoms with Crippen LogP contribution >= 0.6 is 0 Å². The predicted molar refractivity (Wildman–Crippen MR) is 65.0 cm³/mol. The van der Waals surface area contributed by atoms with Crippen LogP contribution in [0, 0.1) is 0 Å². The van der Waals surface area contributed by atoms with Gasteiger partial charge in [0.25, 0.3) is 0 Å². The molecule has 0 saturated heterocycles. The van der Waals surface area contributed by atoms with Crippen molar-refractivity contribution in [2.24, 2.45) is 0 Å². The summed E-state index contributed by atoms with van der Waals surface area (Å²) in [6, 6.07) is 7.75. The molecule has 0 atom stereocenters. The van der Waals surface area contributed by atoms with Crippen LogP contribution in [0.5, 0.6) is 0 Å². The van der Waals surface area contributed by atoms with E-state index < -0.39 is 0 Å². The number of nitrogen functional groups attached to an aromatic ring is 1. The number of nitrogens with zero attached hydrogens (tertiary/aromatic N) is 4. The molecule has 0 unspecified atom stereocenters. The topological polar surface area (TPSA) is 77.6 Å². The van der Waals surface area contributed by atoms with Crippen LogP contribution in [0.25, 0.3) is 22.0 Å². The maximum Gasteiger partial charge on any atom is 0.154 e. The van der Waals surface area contributed by atoms with E-state index in [0.29, 0.717) is 5.82 Å². The molecule has 0 bridgehead atoms. The second kappa shape index (κ2) is 3.79. The van der Waals surface area contributed by atoms with Crippen LogP contribution in [0.15, 0.2) is 43.0 Å². The lowest BCUT2D eigenvalue weighted by molar-refractivity contribution is 1.06. The Morgan fingerprint density at radius 1 is 0.882 bits per heavy atom. The summed E-state index contributed by atoms with van der Waals surface area (Å²) in [5.74, 6) is 0.432. The van der Waals surface area contributed by atoms with Gasteiger partial charge in [0, 0.05) is 28.7 Å². The molecule has 5 nitrogen and oxygen atoms in total. The third-order valence-electron chi connectivity index (χ3n) is 2.55. The summed E-state index contributed by atoms with van der Waals surface area (Å²) in [5, 5.41) is 9.92. The molecule has 82 valence electrons. The second-order valence-electron chi connectivity index (χ2n) is 3.61. The largest absolute Gasteiger partial charge is 0.382 e. The van der Waals surface area contributed by atoms with Crippen molar-refractivity contribution in [3.63, 3.8) is 0 Å². The summed E-state index contributed by atoms with van der Waals surface area (Å²) in [7, 11) is 0. The van der Waals surface area contributed by atoms with Gasteiger partial charge in [-0.15, -0.1) is 10.2 Å². The van der Waals surface area contributed by atoms with Crippen molar-refractivity contribution in [1.29, 1.82) is 0 Å². The molecule has 0 saturated carbocycles. The lowest BCUT2D eigenvalue weighted by atomic mass is 10.1. The van der Waals surface area contributed by atoms with Gasteiger partial charge in [0.15, 0.2) is 5.82 Å². The van der Waals surface area contributed by atoms with Crippen molar-refractivity contribution in [1.82, 2.24) is 20.2 Å². The molecule has 0 fully saturated rings. The first-order valence-corrected chi connectivity index (χ1v) is 5.12. The van der Waals surface area contributed by atoms with E-state index in [1.165, 1.54) is 6.33 Å². The van der Waals surface area contributed by atoms with Gasteiger partial charge in [0.1, 0.15) is 12.0 Å². The Bertz CT molecular complexity index is 666. The van der Waals surface area contributed by atoms with E-state index in [9.17, 15) is 0 Å². The summed E-state index contributed by atoms with van der Waals surface area (Å²) in [6.07, 6.45) is 4.90. The highest BCUT2D eigenvalue weighted by Gasteiger charge is 2.08. The van der Waals surface area contributed by atoms with Crippen molar-refractivity contribution >= 4 is 16.6 Å². The van der Waals surface area contributed by atoms with E-state index in [0.717, 1.165) is 22.0 Å². The Morgan fingerprint density at radius 3 is 2.35 bits per heavy atom. The molecule has 3 aromatic rings. The number of hydrogen-bond acceptors (Lipinski definition) is 5. The van der Waals surface area contributed by atoms with Crippen molar-refractivity contribution < 1.29 is 0 Å². The molecule has 0 spiro atoms. The smallest absolute Gasteiger partial charge is 0.154 e. The Kier molecular flexibility index (Phi) is 2.15. The molecule has 17 heavy (non-hydrogen) atoms. The molecular formula is C12H9N5.